The van der Waals surface area contributed by atoms with Gasteiger partial charge in [-0.3, -0.25) is 0 Å². The van der Waals surface area contributed by atoms with Gasteiger partial charge in [-0.15, -0.1) is 0 Å². The summed E-state index contributed by atoms with van der Waals surface area (Å²) in [6.45, 7) is 3.83. The second-order valence-corrected chi connectivity index (χ2v) is 5.68. The van der Waals surface area contributed by atoms with E-state index in [0.29, 0.717) is 17.0 Å². The topological polar surface area (TPSA) is 53.4 Å². The van der Waals surface area contributed by atoms with Gasteiger partial charge in [0.05, 0.1) is 24.2 Å². The molecule has 0 atom stereocenters. The van der Waals surface area contributed by atoms with Gasteiger partial charge < -0.3 is 9.47 Å². The standard InChI is InChI=1S/C20H20N2O3/c1-14-19(15(2)22(21-14)17-10-5-4-6-11-17)20(23)25-13-16-9-7-8-12-18(16)24-3/h4-12H,13H2,1-3H3. The largest absolute Gasteiger partial charge is 0.496 e. The van der Waals surface area contributed by atoms with Crippen LogP contribution < -0.4 is 4.74 Å². The summed E-state index contributed by atoms with van der Waals surface area (Å²) in [4.78, 5) is 12.6. The summed E-state index contributed by atoms with van der Waals surface area (Å²) in [5, 5.41) is 4.48. The van der Waals surface area contributed by atoms with Crippen molar-refractivity contribution in [2.75, 3.05) is 7.11 Å². The van der Waals surface area contributed by atoms with Crippen molar-refractivity contribution < 1.29 is 14.3 Å². The van der Waals surface area contributed by atoms with Crippen LogP contribution in [0.5, 0.6) is 5.75 Å². The van der Waals surface area contributed by atoms with Crippen molar-refractivity contribution in [2.24, 2.45) is 0 Å². The fourth-order valence-electron chi connectivity index (χ4n) is 2.80. The molecule has 1 aromatic heterocycles. The number of rotatable bonds is 5. The average molecular weight is 336 g/mol. The van der Waals surface area contributed by atoms with E-state index in [4.69, 9.17) is 9.47 Å². The van der Waals surface area contributed by atoms with Gasteiger partial charge in [0.2, 0.25) is 0 Å². The van der Waals surface area contributed by atoms with E-state index in [1.165, 1.54) is 0 Å². The number of methoxy groups -OCH3 is 1. The molecule has 0 fully saturated rings. The maximum atomic E-state index is 12.6. The zero-order valence-electron chi connectivity index (χ0n) is 14.5. The molecule has 2 aromatic carbocycles. The van der Waals surface area contributed by atoms with E-state index in [-0.39, 0.29) is 12.6 Å². The second kappa shape index (κ2) is 7.21. The van der Waals surface area contributed by atoms with Gasteiger partial charge in [0.25, 0.3) is 0 Å². The monoisotopic (exact) mass is 336 g/mol. The summed E-state index contributed by atoms with van der Waals surface area (Å²) in [6.07, 6.45) is 0. The van der Waals surface area contributed by atoms with E-state index in [2.05, 4.69) is 5.10 Å². The number of carbonyl (C=O) groups is 1. The molecule has 0 bridgehead atoms. The number of aryl methyl sites for hydroxylation is 1. The number of benzene rings is 2. The number of nitrogens with zero attached hydrogens (tertiary/aromatic N) is 2. The van der Waals surface area contributed by atoms with E-state index in [1.54, 1.807) is 11.8 Å². The molecule has 0 spiro atoms. The maximum absolute atomic E-state index is 12.6. The number of para-hydroxylation sites is 2. The molecule has 0 saturated carbocycles. The van der Waals surface area contributed by atoms with Gasteiger partial charge in [0.1, 0.15) is 17.9 Å². The van der Waals surface area contributed by atoms with Crippen molar-refractivity contribution in [1.29, 1.82) is 0 Å². The first-order chi connectivity index (χ1) is 12.1. The van der Waals surface area contributed by atoms with Crippen molar-refractivity contribution in [3.05, 3.63) is 77.1 Å². The van der Waals surface area contributed by atoms with Crippen molar-refractivity contribution in [3.63, 3.8) is 0 Å². The Balaban J connectivity index is 1.82. The minimum atomic E-state index is -0.386. The van der Waals surface area contributed by atoms with Crippen LogP contribution >= 0.6 is 0 Å². The molecule has 5 nitrogen and oxygen atoms in total. The Kier molecular flexibility index (Phi) is 4.84. The number of aromatic nitrogens is 2. The molecular weight excluding hydrogens is 316 g/mol. The van der Waals surface area contributed by atoms with Crippen LogP contribution in [0.1, 0.15) is 27.3 Å². The minimum Gasteiger partial charge on any atom is -0.496 e. The van der Waals surface area contributed by atoms with Gasteiger partial charge in [0.15, 0.2) is 0 Å². The Hall–Kier alpha value is -3.08. The maximum Gasteiger partial charge on any atom is 0.342 e. The van der Waals surface area contributed by atoms with Crippen LogP contribution in [0.15, 0.2) is 54.6 Å². The molecular formula is C20H20N2O3. The first-order valence-corrected chi connectivity index (χ1v) is 8.02. The Morgan fingerprint density at radius 3 is 2.44 bits per heavy atom. The lowest BCUT2D eigenvalue weighted by molar-refractivity contribution is 0.0468. The van der Waals surface area contributed by atoms with Crippen LogP contribution in [-0.2, 0) is 11.3 Å². The number of ether oxygens (including phenoxy) is 2. The van der Waals surface area contributed by atoms with Crippen molar-refractivity contribution in [2.45, 2.75) is 20.5 Å². The highest BCUT2D eigenvalue weighted by molar-refractivity contribution is 5.92. The molecule has 0 N–H and O–H groups in total. The fraction of sp³-hybridized carbons (Fsp3) is 0.200. The second-order valence-electron chi connectivity index (χ2n) is 5.68. The Labute approximate surface area is 146 Å². The summed E-state index contributed by atoms with van der Waals surface area (Å²) in [5.74, 6) is 0.312. The Bertz CT molecular complexity index is 885. The molecule has 128 valence electrons. The highest BCUT2D eigenvalue weighted by Crippen LogP contribution is 2.21. The van der Waals surface area contributed by atoms with Crippen molar-refractivity contribution in [3.8, 4) is 11.4 Å². The number of hydrogen-bond acceptors (Lipinski definition) is 4. The molecule has 0 amide bonds. The molecule has 3 rings (SSSR count). The molecule has 0 unspecified atom stereocenters. The summed E-state index contributed by atoms with van der Waals surface area (Å²) in [7, 11) is 1.60. The molecule has 0 radical (unpaired) electrons. The smallest absolute Gasteiger partial charge is 0.342 e. The lowest BCUT2D eigenvalue weighted by Gasteiger charge is -2.09. The van der Waals surface area contributed by atoms with Crippen LogP contribution in [0.4, 0.5) is 0 Å². The Morgan fingerprint density at radius 2 is 1.72 bits per heavy atom. The first-order valence-electron chi connectivity index (χ1n) is 8.02. The van der Waals surface area contributed by atoms with E-state index in [1.807, 2.05) is 68.4 Å². The van der Waals surface area contributed by atoms with Gasteiger partial charge >= 0.3 is 5.97 Å². The first kappa shape index (κ1) is 16.8. The predicted molar refractivity (Wildman–Crippen MR) is 95.2 cm³/mol. The average Bonchev–Trinajstić information content (AvgIpc) is 2.95. The molecule has 0 aliphatic carbocycles. The van der Waals surface area contributed by atoms with Crippen LogP contribution in [0.3, 0.4) is 0 Å². The normalized spacial score (nSPS) is 10.5. The lowest BCUT2D eigenvalue weighted by atomic mass is 10.2. The molecule has 25 heavy (non-hydrogen) atoms. The van der Waals surface area contributed by atoms with Gasteiger partial charge in [0, 0.05) is 5.56 Å². The van der Waals surface area contributed by atoms with Gasteiger partial charge in [-0.25, -0.2) is 9.48 Å². The molecule has 1 heterocycles. The van der Waals surface area contributed by atoms with Crippen LogP contribution in [0.25, 0.3) is 5.69 Å². The van der Waals surface area contributed by atoms with Crippen LogP contribution in [-0.4, -0.2) is 22.9 Å². The number of hydrogen-bond donors (Lipinski definition) is 0. The summed E-state index contributed by atoms with van der Waals surface area (Å²) in [5.41, 5.74) is 3.63. The van der Waals surface area contributed by atoms with Gasteiger partial charge in [-0.2, -0.15) is 5.10 Å². The number of carbonyl (C=O) groups excluding carboxylic acids is 1. The third-order valence-electron chi connectivity index (χ3n) is 4.05. The summed E-state index contributed by atoms with van der Waals surface area (Å²) >= 11 is 0. The van der Waals surface area contributed by atoms with Crippen LogP contribution in [0.2, 0.25) is 0 Å². The zero-order valence-corrected chi connectivity index (χ0v) is 14.5. The molecule has 5 heteroatoms. The summed E-state index contributed by atoms with van der Waals surface area (Å²) in [6, 6.07) is 17.2. The third kappa shape index (κ3) is 3.40. The van der Waals surface area contributed by atoms with E-state index in [0.717, 1.165) is 16.9 Å². The fourth-order valence-corrected chi connectivity index (χ4v) is 2.80. The SMILES string of the molecule is COc1ccccc1COC(=O)c1c(C)nn(-c2ccccc2)c1C. The molecule has 0 aliphatic rings. The van der Waals surface area contributed by atoms with Crippen molar-refractivity contribution >= 4 is 5.97 Å². The minimum absolute atomic E-state index is 0.151. The van der Waals surface area contributed by atoms with E-state index < -0.39 is 0 Å². The third-order valence-corrected chi connectivity index (χ3v) is 4.05. The van der Waals surface area contributed by atoms with Gasteiger partial charge in [-0.1, -0.05) is 36.4 Å². The number of esters is 1. The lowest BCUT2D eigenvalue weighted by Crippen LogP contribution is -2.09. The predicted octanol–water partition coefficient (Wildman–Crippen LogP) is 3.85. The van der Waals surface area contributed by atoms with E-state index >= 15 is 0 Å². The van der Waals surface area contributed by atoms with Gasteiger partial charge in [-0.05, 0) is 32.0 Å². The highest BCUT2D eigenvalue weighted by Gasteiger charge is 2.21. The van der Waals surface area contributed by atoms with E-state index in [9.17, 15) is 4.79 Å². The summed E-state index contributed by atoms with van der Waals surface area (Å²) < 4.78 is 12.5. The molecule has 0 saturated heterocycles. The molecule has 3 aromatic rings. The highest BCUT2D eigenvalue weighted by atomic mass is 16.5. The Morgan fingerprint density at radius 1 is 1.04 bits per heavy atom. The zero-order chi connectivity index (χ0) is 17.8. The van der Waals surface area contributed by atoms with Crippen LogP contribution in [0, 0.1) is 13.8 Å². The van der Waals surface area contributed by atoms with Crippen molar-refractivity contribution in [1.82, 2.24) is 9.78 Å². The quantitative estimate of drug-likeness (QED) is 0.664. The molecule has 0 aliphatic heterocycles.